The number of hydrogen-bond acceptors (Lipinski definition) is 5. The Bertz CT molecular complexity index is 500. The van der Waals surface area contributed by atoms with Gasteiger partial charge in [-0.2, -0.15) is 9.97 Å². The minimum absolute atomic E-state index is 0.103. The van der Waals surface area contributed by atoms with Crippen LogP contribution in [0.4, 0.5) is 5.82 Å². The molecule has 92 valence electrons. The molecule has 0 spiro atoms. The van der Waals surface area contributed by atoms with Crippen LogP contribution in [0.15, 0.2) is 6.33 Å². The number of aromatic amines is 1. The Labute approximate surface area is 104 Å². The lowest BCUT2D eigenvalue weighted by Gasteiger charge is -2.13. The van der Waals surface area contributed by atoms with Crippen LogP contribution in [-0.2, 0) is 4.74 Å². The largest absolute Gasteiger partial charge is 0.377 e. The van der Waals surface area contributed by atoms with Crippen molar-refractivity contribution in [3.05, 3.63) is 11.6 Å². The second kappa shape index (κ2) is 5.29. The van der Waals surface area contributed by atoms with Crippen LogP contribution in [0.5, 0.6) is 0 Å². The van der Waals surface area contributed by atoms with Crippen molar-refractivity contribution >= 4 is 28.6 Å². The first-order chi connectivity index (χ1) is 8.20. The van der Waals surface area contributed by atoms with Gasteiger partial charge < -0.3 is 15.0 Å². The van der Waals surface area contributed by atoms with E-state index in [9.17, 15) is 0 Å². The van der Waals surface area contributed by atoms with Crippen LogP contribution in [-0.4, -0.2) is 39.2 Å². The zero-order chi connectivity index (χ0) is 12.3. The van der Waals surface area contributed by atoms with E-state index in [1.165, 1.54) is 0 Å². The molecule has 2 rings (SSSR count). The molecule has 2 aromatic rings. The van der Waals surface area contributed by atoms with Crippen LogP contribution in [0.1, 0.15) is 13.8 Å². The van der Waals surface area contributed by atoms with Gasteiger partial charge in [-0.05, 0) is 25.4 Å². The molecule has 0 saturated heterocycles. The highest BCUT2D eigenvalue weighted by Crippen LogP contribution is 2.18. The molecule has 2 heterocycles. The normalized spacial score (nSPS) is 12.9. The topological polar surface area (TPSA) is 75.7 Å². The number of fused-ring (bicyclic) bond motifs is 1. The first kappa shape index (κ1) is 12.1. The van der Waals surface area contributed by atoms with E-state index in [0.29, 0.717) is 24.6 Å². The van der Waals surface area contributed by atoms with Crippen molar-refractivity contribution in [1.82, 2.24) is 19.9 Å². The summed E-state index contributed by atoms with van der Waals surface area (Å²) in [4.78, 5) is 15.1. The number of nitrogens with zero attached hydrogens (tertiary/aromatic N) is 3. The smallest absolute Gasteiger partial charge is 0.226 e. The standard InChI is InChI=1S/C10H14ClN5O/c1-3-17-6(2)4-12-8-7-9(14-5-13-7)16-10(11)15-8/h5-6H,3-4H2,1-2H3,(H2,12,13,14,15,16). The summed E-state index contributed by atoms with van der Waals surface area (Å²) in [6, 6.07) is 0. The maximum Gasteiger partial charge on any atom is 0.226 e. The highest BCUT2D eigenvalue weighted by atomic mass is 35.5. The summed E-state index contributed by atoms with van der Waals surface area (Å²) in [5.74, 6) is 0.643. The van der Waals surface area contributed by atoms with Gasteiger partial charge in [-0.15, -0.1) is 0 Å². The van der Waals surface area contributed by atoms with Crippen molar-refractivity contribution < 1.29 is 4.74 Å². The van der Waals surface area contributed by atoms with Gasteiger partial charge >= 0.3 is 0 Å². The summed E-state index contributed by atoms with van der Waals surface area (Å²) < 4.78 is 5.42. The monoisotopic (exact) mass is 255 g/mol. The molecule has 0 aliphatic rings. The molecule has 1 unspecified atom stereocenters. The summed E-state index contributed by atoms with van der Waals surface area (Å²) in [7, 11) is 0. The van der Waals surface area contributed by atoms with E-state index in [1.807, 2.05) is 13.8 Å². The van der Waals surface area contributed by atoms with Crippen LogP contribution in [0, 0.1) is 0 Å². The highest BCUT2D eigenvalue weighted by Gasteiger charge is 2.09. The molecule has 1 atom stereocenters. The van der Waals surface area contributed by atoms with Crippen molar-refractivity contribution in [2.45, 2.75) is 20.0 Å². The molecule has 0 aliphatic heterocycles. The van der Waals surface area contributed by atoms with Gasteiger partial charge in [0.15, 0.2) is 11.5 Å². The molecule has 17 heavy (non-hydrogen) atoms. The Kier molecular flexibility index (Phi) is 3.75. The maximum atomic E-state index is 5.81. The number of anilines is 1. The molecule has 7 heteroatoms. The van der Waals surface area contributed by atoms with Gasteiger partial charge in [0, 0.05) is 13.2 Å². The van der Waals surface area contributed by atoms with Crippen LogP contribution in [0.25, 0.3) is 11.2 Å². The SMILES string of the molecule is CCOC(C)CNc1nc(Cl)nc2nc[nH]c12. The van der Waals surface area contributed by atoms with E-state index in [-0.39, 0.29) is 11.4 Å². The number of imidazole rings is 1. The third-order valence-corrected chi connectivity index (χ3v) is 2.44. The van der Waals surface area contributed by atoms with E-state index in [4.69, 9.17) is 16.3 Å². The van der Waals surface area contributed by atoms with Gasteiger partial charge in [0.05, 0.1) is 12.4 Å². The van der Waals surface area contributed by atoms with Crippen molar-refractivity contribution in [3.63, 3.8) is 0 Å². The van der Waals surface area contributed by atoms with Crippen LogP contribution in [0.2, 0.25) is 5.28 Å². The van der Waals surface area contributed by atoms with Crippen LogP contribution < -0.4 is 5.32 Å². The summed E-state index contributed by atoms with van der Waals surface area (Å²) in [6.45, 7) is 5.29. The van der Waals surface area contributed by atoms with Crippen molar-refractivity contribution in [3.8, 4) is 0 Å². The number of nitrogens with one attached hydrogen (secondary N) is 2. The summed E-state index contributed by atoms with van der Waals surface area (Å²) in [5, 5.41) is 3.34. The van der Waals surface area contributed by atoms with Gasteiger partial charge in [0.1, 0.15) is 5.52 Å². The number of rotatable bonds is 5. The fourth-order valence-electron chi connectivity index (χ4n) is 1.52. The quantitative estimate of drug-likeness (QED) is 0.798. The summed E-state index contributed by atoms with van der Waals surface area (Å²) in [6.07, 6.45) is 1.67. The van der Waals surface area contributed by atoms with Crippen molar-refractivity contribution in [2.24, 2.45) is 0 Å². The molecule has 2 aromatic heterocycles. The van der Waals surface area contributed by atoms with E-state index in [1.54, 1.807) is 6.33 Å². The molecule has 0 aromatic carbocycles. The average Bonchev–Trinajstić information content (AvgIpc) is 2.74. The zero-order valence-electron chi connectivity index (χ0n) is 9.70. The minimum Gasteiger partial charge on any atom is -0.377 e. The van der Waals surface area contributed by atoms with Gasteiger partial charge in [-0.1, -0.05) is 0 Å². The lowest BCUT2D eigenvalue weighted by atomic mass is 10.4. The van der Waals surface area contributed by atoms with E-state index in [0.717, 1.165) is 5.52 Å². The van der Waals surface area contributed by atoms with Gasteiger partial charge in [0.2, 0.25) is 5.28 Å². The average molecular weight is 256 g/mol. The minimum atomic E-state index is 0.103. The van der Waals surface area contributed by atoms with E-state index in [2.05, 4.69) is 25.3 Å². The molecule has 0 radical (unpaired) electrons. The van der Waals surface area contributed by atoms with E-state index >= 15 is 0 Å². The summed E-state index contributed by atoms with van der Waals surface area (Å²) >= 11 is 5.81. The molecular weight excluding hydrogens is 242 g/mol. The molecular formula is C10H14ClN5O. The number of hydrogen-bond donors (Lipinski definition) is 2. The predicted molar refractivity (Wildman–Crippen MR) is 66.3 cm³/mol. The molecule has 2 N–H and O–H groups in total. The van der Waals surface area contributed by atoms with E-state index < -0.39 is 0 Å². The lowest BCUT2D eigenvalue weighted by Crippen LogP contribution is -2.20. The fraction of sp³-hybridized carbons (Fsp3) is 0.500. The van der Waals surface area contributed by atoms with Crippen LogP contribution >= 0.6 is 11.6 Å². The lowest BCUT2D eigenvalue weighted by molar-refractivity contribution is 0.0855. The third-order valence-electron chi connectivity index (χ3n) is 2.27. The summed E-state index contributed by atoms with van der Waals surface area (Å²) in [5.41, 5.74) is 1.30. The molecule has 0 saturated carbocycles. The highest BCUT2D eigenvalue weighted by molar-refractivity contribution is 6.28. The zero-order valence-corrected chi connectivity index (χ0v) is 10.5. The Morgan fingerprint density at radius 3 is 3.12 bits per heavy atom. The predicted octanol–water partition coefficient (Wildman–Crippen LogP) is 1.84. The Hall–Kier alpha value is -1.40. The first-order valence-corrected chi connectivity index (χ1v) is 5.80. The second-order valence-electron chi connectivity index (χ2n) is 3.59. The Morgan fingerprint density at radius 1 is 1.53 bits per heavy atom. The number of aromatic nitrogens is 4. The van der Waals surface area contributed by atoms with Crippen molar-refractivity contribution in [1.29, 1.82) is 0 Å². The second-order valence-corrected chi connectivity index (χ2v) is 3.93. The van der Waals surface area contributed by atoms with Crippen molar-refractivity contribution in [2.75, 3.05) is 18.5 Å². The molecule has 0 aliphatic carbocycles. The molecule has 0 amide bonds. The fourth-order valence-corrected chi connectivity index (χ4v) is 1.68. The molecule has 0 fully saturated rings. The third kappa shape index (κ3) is 2.83. The van der Waals surface area contributed by atoms with Gasteiger partial charge in [-0.3, -0.25) is 0 Å². The number of ether oxygens (including phenoxy) is 1. The van der Waals surface area contributed by atoms with Crippen LogP contribution in [0.3, 0.4) is 0 Å². The Balaban J connectivity index is 2.14. The molecule has 6 nitrogen and oxygen atoms in total. The maximum absolute atomic E-state index is 5.81. The first-order valence-electron chi connectivity index (χ1n) is 5.42. The number of H-pyrrole nitrogens is 1. The number of halogens is 1. The molecule has 0 bridgehead atoms. The van der Waals surface area contributed by atoms with Gasteiger partial charge in [-0.25, -0.2) is 4.98 Å². The van der Waals surface area contributed by atoms with Gasteiger partial charge in [0.25, 0.3) is 0 Å². The Morgan fingerprint density at radius 2 is 2.35 bits per heavy atom.